The number of allylic oxidation sites excluding steroid dienone is 1. The van der Waals surface area contributed by atoms with Crippen molar-refractivity contribution in [2.24, 2.45) is 5.41 Å². The van der Waals surface area contributed by atoms with Gasteiger partial charge in [-0.1, -0.05) is 26.0 Å². The van der Waals surface area contributed by atoms with Crippen molar-refractivity contribution in [3.63, 3.8) is 0 Å². The Kier molecular flexibility index (Phi) is 5.28. The summed E-state index contributed by atoms with van der Waals surface area (Å²) >= 11 is 0. The molecular formula is C18H21N3O2. The number of pyridine rings is 1. The number of nitrogens with zero attached hydrogens (tertiary/aromatic N) is 3. The summed E-state index contributed by atoms with van der Waals surface area (Å²) in [6, 6.07) is 7.26. The van der Waals surface area contributed by atoms with E-state index in [9.17, 15) is 14.9 Å². The first kappa shape index (κ1) is 16.9. The number of carbonyl (C=O) groups excluding carboxylic acids is 2. The molecule has 0 radical (unpaired) electrons. The third kappa shape index (κ3) is 4.04. The van der Waals surface area contributed by atoms with Gasteiger partial charge in [0.1, 0.15) is 11.8 Å². The molecule has 0 saturated heterocycles. The Hall–Kier alpha value is -2.48. The van der Waals surface area contributed by atoms with Crippen LogP contribution in [0.3, 0.4) is 0 Å². The van der Waals surface area contributed by atoms with Gasteiger partial charge in [-0.15, -0.1) is 0 Å². The Morgan fingerprint density at radius 1 is 1.35 bits per heavy atom. The molecule has 0 unspecified atom stereocenters. The number of rotatable bonds is 1. The second kappa shape index (κ2) is 7.19. The van der Waals surface area contributed by atoms with Gasteiger partial charge in [-0.05, 0) is 31.4 Å². The molecule has 23 heavy (non-hydrogen) atoms. The minimum atomic E-state index is -0.585. The van der Waals surface area contributed by atoms with E-state index in [1.165, 1.54) is 0 Å². The molecule has 1 aromatic rings. The maximum absolute atomic E-state index is 12.6. The number of aromatic nitrogens is 1. The van der Waals surface area contributed by atoms with E-state index in [0.29, 0.717) is 31.6 Å². The summed E-state index contributed by atoms with van der Waals surface area (Å²) in [5.41, 5.74) is 0.0324. The van der Waals surface area contributed by atoms with Crippen LogP contribution in [0.4, 0.5) is 0 Å². The molecule has 0 aliphatic carbocycles. The fraction of sp³-hybridized carbons (Fsp3) is 0.444. The zero-order chi connectivity index (χ0) is 16.9. The van der Waals surface area contributed by atoms with Gasteiger partial charge in [0, 0.05) is 24.7 Å². The molecule has 0 atom stereocenters. The van der Waals surface area contributed by atoms with Gasteiger partial charge in [-0.3, -0.25) is 14.6 Å². The summed E-state index contributed by atoms with van der Waals surface area (Å²) in [6.07, 6.45) is 5.09. The first-order valence-electron chi connectivity index (χ1n) is 7.81. The number of amides is 1. The molecule has 1 aliphatic heterocycles. The molecule has 5 heteroatoms. The van der Waals surface area contributed by atoms with Gasteiger partial charge in [0.2, 0.25) is 0 Å². The van der Waals surface area contributed by atoms with E-state index in [2.05, 4.69) is 4.98 Å². The van der Waals surface area contributed by atoms with E-state index < -0.39 is 5.41 Å². The summed E-state index contributed by atoms with van der Waals surface area (Å²) in [4.78, 5) is 30.8. The Bertz CT molecular complexity index is 657. The third-order valence-electron chi connectivity index (χ3n) is 4.13. The Morgan fingerprint density at radius 3 is 2.78 bits per heavy atom. The van der Waals surface area contributed by atoms with Gasteiger partial charge >= 0.3 is 0 Å². The van der Waals surface area contributed by atoms with Crippen LogP contribution in [0.1, 0.15) is 43.6 Å². The van der Waals surface area contributed by atoms with Crippen LogP contribution in [0.15, 0.2) is 36.0 Å². The van der Waals surface area contributed by atoms with Crippen molar-refractivity contribution in [2.75, 3.05) is 13.1 Å². The molecule has 1 amide bonds. The molecule has 120 valence electrons. The second-order valence-corrected chi connectivity index (χ2v) is 6.34. The molecule has 5 nitrogen and oxygen atoms in total. The normalized spacial score (nSPS) is 21.0. The smallest absolute Gasteiger partial charge is 0.272 e. The summed E-state index contributed by atoms with van der Waals surface area (Å²) in [5, 5.41) is 9.20. The van der Waals surface area contributed by atoms with Gasteiger partial charge in [0.25, 0.3) is 5.91 Å². The summed E-state index contributed by atoms with van der Waals surface area (Å²) in [6.45, 7) is 4.77. The zero-order valence-electron chi connectivity index (χ0n) is 13.6. The van der Waals surface area contributed by atoms with Crippen LogP contribution in [-0.4, -0.2) is 34.7 Å². The van der Waals surface area contributed by atoms with Crippen molar-refractivity contribution in [1.29, 1.82) is 5.26 Å². The molecule has 2 rings (SSSR count). The molecule has 0 spiro atoms. The maximum atomic E-state index is 12.6. The largest absolute Gasteiger partial charge is 0.337 e. The topological polar surface area (TPSA) is 74.1 Å². The average Bonchev–Trinajstić information content (AvgIpc) is 2.56. The Morgan fingerprint density at radius 2 is 2.13 bits per heavy atom. The van der Waals surface area contributed by atoms with Crippen molar-refractivity contribution in [1.82, 2.24) is 9.88 Å². The molecule has 2 heterocycles. The number of ketones is 1. The molecule has 0 bridgehead atoms. The van der Waals surface area contributed by atoms with E-state index >= 15 is 0 Å². The lowest BCUT2D eigenvalue weighted by Crippen LogP contribution is -2.35. The van der Waals surface area contributed by atoms with E-state index in [-0.39, 0.29) is 17.3 Å². The number of nitriles is 1. The highest BCUT2D eigenvalue weighted by Gasteiger charge is 2.31. The lowest BCUT2D eigenvalue weighted by atomic mass is 9.80. The molecule has 0 aromatic carbocycles. The lowest BCUT2D eigenvalue weighted by molar-refractivity contribution is -0.123. The highest BCUT2D eigenvalue weighted by molar-refractivity contribution is 6.02. The predicted molar refractivity (Wildman–Crippen MR) is 86.5 cm³/mol. The van der Waals surface area contributed by atoms with Crippen LogP contribution in [0.25, 0.3) is 0 Å². The first-order valence-corrected chi connectivity index (χ1v) is 7.81. The molecule has 1 aliphatic rings. The quantitative estimate of drug-likeness (QED) is 0.799. The fourth-order valence-electron chi connectivity index (χ4n) is 2.71. The Balaban J connectivity index is 2.20. The summed E-state index contributed by atoms with van der Waals surface area (Å²) in [5.74, 6) is -0.216. The van der Waals surface area contributed by atoms with Crippen molar-refractivity contribution < 1.29 is 9.59 Å². The molecule has 0 fully saturated rings. The van der Waals surface area contributed by atoms with E-state index in [1.807, 2.05) is 19.9 Å². The monoisotopic (exact) mass is 311 g/mol. The Labute approximate surface area is 136 Å². The minimum absolute atomic E-state index is 0.107. The van der Waals surface area contributed by atoms with Gasteiger partial charge in [-0.25, -0.2) is 0 Å². The molecule has 0 saturated carbocycles. The fourth-order valence-corrected chi connectivity index (χ4v) is 2.71. The number of Topliss-reactive ketones (excluding diaryl/α,β-unsaturated/α-hetero) is 1. The summed E-state index contributed by atoms with van der Waals surface area (Å²) < 4.78 is 0. The standard InChI is InChI=1S/C18H21N3O2/c1-18(2)9-6-12-21(11-5-7-14(13-19)16(18)22)17(23)15-8-3-4-10-20-15/h3-4,7-8,10H,5-6,9,11-12H2,1-2H3/b14-7-. The van der Waals surface area contributed by atoms with E-state index in [4.69, 9.17) is 0 Å². The number of hydrogen-bond acceptors (Lipinski definition) is 4. The molecular weight excluding hydrogens is 290 g/mol. The van der Waals surface area contributed by atoms with Gasteiger partial charge in [0.05, 0.1) is 5.57 Å². The van der Waals surface area contributed by atoms with Gasteiger partial charge in [0.15, 0.2) is 5.78 Å². The van der Waals surface area contributed by atoms with Crippen molar-refractivity contribution >= 4 is 11.7 Å². The number of hydrogen-bond donors (Lipinski definition) is 0. The van der Waals surface area contributed by atoms with Gasteiger partial charge in [-0.2, -0.15) is 5.26 Å². The lowest BCUT2D eigenvalue weighted by Gasteiger charge is -2.27. The zero-order valence-corrected chi connectivity index (χ0v) is 13.6. The second-order valence-electron chi connectivity index (χ2n) is 6.34. The van der Waals surface area contributed by atoms with Crippen LogP contribution in [0.2, 0.25) is 0 Å². The van der Waals surface area contributed by atoms with Crippen LogP contribution in [-0.2, 0) is 4.79 Å². The van der Waals surface area contributed by atoms with Crippen LogP contribution in [0, 0.1) is 16.7 Å². The van der Waals surface area contributed by atoms with Crippen molar-refractivity contribution in [2.45, 2.75) is 33.1 Å². The SMILES string of the molecule is CC1(C)CCCN(C(=O)c2ccccn2)CC/C=C(/C#N)C1=O. The van der Waals surface area contributed by atoms with Crippen LogP contribution >= 0.6 is 0 Å². The van der Waals surface area contributed by atoms with Crippen LogP contribution in [0.5, 0.6) is 0 Å². The maximum Gasteiger partial charge on any atom is 0.272 e. The molecule has 0 N–H and O–H groups in total. The first-order chi connectivity index (χ1) is 11.0. The third-order valence-corrected chi connectivity index (χ3v) is 4.13. The van der Waals surface area contributed by atoms with Crippen molar-refractivity contribution in [3.05, 3.63) is 41.7 Å². The van der Waals surface area contributed by atoms with Gasteiger partial charge < -0.3 is 4.90 Å². The van der Waals surface area contributed by atoms with E-state index in [1.54, 1.807) is 35.4 Å². The van der Waals surface area contributed by atoms with E-state index in [0.717, 1.165) is 6.42 Å². The predicted octanol–water partition coefficient (Wildman–Crippen LogP) is 2.75. The number of carbonyl (C=O) groups is 2. The highest BCUT2D eigenvalue weighted by atomic mass is 16.2. The minimum Gasteiger partial charge on any atom is -0.337 e. The van der Waals surface area contributed by atoms with Crippen molar-refractivity contribution in [3.8, 4) is 6.07 Å². The van der Waals surface area contributed by atoms with Crippen LogP contribution < -0.4 is 0 Å². The summed E-state index contributed by atoms with van der Waals surface area (Å²) in [7, 11) is 0. The average molecular weight is 311 g/mol. The molecule has 1 aromatic heterocycles. The highest BCUT2D eigenvalue weighted by Crippen LogP contribution is 2.28.